The second-order valence-corrected chi connectivity index (χ2v) is 7.39. The highest BCUT2D eigenvalue weighted by Gasteiger charge is 2.15. The third-order valence-electron chi connectivity index (χ3n) is 2.89. The van der Waals surface area contributed by atoms with Gasteiger partial charge >= 0.3 is 0 Å². The Labute approximate surface area is 133 Å². The van der Waals surface area contributed by atoms with Gasteiger partial charge in [-0.05, 0) is 30.7 Å². The number of rotatable bonds is 6. The van der Waals surface area contributed by atoms with Crippen molar-refractivity contribution in [1.82, 2.24) is 4.98 Å². The summed E-state index contributed by atoms with van der Waals surface area (Å²) >= 11 is 1.37. The zero-order valence-electron chi connectivity index (χ0n) is 12.3. The lowest BCUT2D eigenvalue weighted by molar-refractivity contribution is 0.0993. The van der Waals surface area contributed by atoms with E-state index in [0.717, 1.165) is 0 Å². The number of aromatic nitrogens is 1. The monoisotopic (exact) mass is 339 g/mol. The van der Waals surface area contributed by atoms with Crippen LogP contribution in [0.5, 0.6) is 0 Å². The highest BCUT2D eigenvalue weighted by atomic mass is 32.2. The Morgan fingerprint density at radius 3 is 2.55 bits per heavy atom. The van der Waals surface area contributed by atoms with Crippen molar-refractivity contribution in [3.05, 3.63) is 41.4 Å². The van der Waals surface area contributed by atoms with Gasteiger partial charge in [-0.15, -0.1) is 11.3 Å². The van der Waals surface area contributed by atoms with Crippen LogP contribution in [0.25, 0.3) is 0 Å². The van der Waals surface area contributed by atoms with Crippen molar-refractivity contribution >= 4 is 38.1 Å². The molecule has 22 heavy (non-hydrogen) atoms. The second-order valence-electron chi connectivity index (χ2n) is 4.68. The summed E-state index contributed by atoms with van der Waals surface area (Å²) in [4.78, 5) is 17.8. The zero-order valence-corrected chi connectivity index (χ0v) is 13.9. The summed E-state index contributed by atoms with van der Waals surface area (Å²) in [5.74, 6) is -0.126. The van der Waals surface area contributed by atoms with Crippen LogP contribution >= 0.6 is 11.3 Å². The second kappa shape index (κ2) is 6.89. The van der Waals surface area contributed by atoms with Crippen LogP contribution in [0.3, 0.4) is 0 Å². The highest BCUT2D eigenvalue weighted by Crippen LogP contribution is 2.19. The molecule has 118 valence electrons. The largest absolute Gasteiger partial charge is 0.287 e. The van der Waals surface area contributed by atoms with Gasteiger partial charge in [0, 0.05) is 29.9 Å². The molecule has 1 amide bonds. The first kappa shape index (κ1) is 16.4. The number of carbonyl (C=O) groups is 1. The fraction of sp³-hybridized carbons (Fsp3) is 0.286. The lowest BCUT2D eigenvalue weighted by Crippen LogP contribution is -2.26. The number of hydrogen-bond acceptors (Lipinski definition) is 5. The van der Waals surface area contributed by atoms with Crippen LogP contribution in [0, 0.1) is 0 Å². The molecule has 0 radical (unpaired) electrons. The summed E-state index contributed by atoms with van der Waals surface area (Å²) in [7, 11) is -1.67. The van der Waals surface area contributed by atoms with E-state index in [4.69, 9.17) is 0 Å². The maximum absolute atomic E-state index is 12.3. The summed E-state index contributed by atoms with van der Waals surface area (Å²) in [6, 6.07) is 6.35. The minimum absolute atomic E-state index is 0.0699. The van der Waals surface area contributed by atoms with Crippen LogP contribution in [0.1, 0.15) is 23.7 Å². The van der Waals surface area contributed by atoms with E-state index in [-0.39, 0.29) is 11.7 Å². The van der Waals surface area contributed by atoms with Crippen LogP contribution in [-0.2, 0) is 10.0 Å². The molecular weight excluding hydrogens is 322 g/mol. The quantitative estimate of drug-likeness (QED) is 0.877. The number of thiazole rings is 1. The van der Waals surface area contributed by atoms with Gasteiger partial charge in [-0.1, -0.05) is 6.92 Å². The maximum Gasteiger partial charge on any atom is 0.259 e. The maximum atomic E-state index is 12.3. The topological polar surface area (TPSA) is 79.4 Å². The average molecular weight is 339 g/mol. The van der Waals surface area contributed by atoms with Gasteiger partial charge in [-0.2, -0.15) is 0 Å². The van der Waals surface area contributed by atoms with E-state index in [1.165, 1.54) is 16.2 Å². The molecule has 1 aromatic carbocycles. The number of carbonyl (C=O) groups excluding carboxylic acids is 1. The fourth-order valence-electron chi connectivity index (χ4n) is 1.84. The van der Waals surface area contributed by atoms with Crippen molar-refractivity contribution in [3.8, 4) is 0 Å². The fourth-order valence-corrected chi connectivity index (χ4v) is 3.58. The Hall–Kier alpha value is -1.93. The molecule has 8 heteroatoms. The molecule has 0 saturated carbocycles. The number of benzene rings is 1. The van der Waals surface area contributed by atoms with Crippen LogP contribution in [-0.4, -0.2) is 32.1 Å². The highest BCUT2D eigenvalue weighted by molar-refractivity contribution is 7.92. The molecule has 2 aromatic rings. The van der Waals surface area contributed by atoms with Crippen molar-refractivity contribution in [2.45, 2.75) is 13.3 Å². The van der Waals surface area contributed by atoms with Crippen molar-refractivity contribution in [2.75, 3.05) is 22.4 Å². The number of hydrogen-bond donors (Lipinski definition) is 1. The predicted molar refractivity (Wildman–Crippen MR) is 89.0 cm³/mol. The van der Waals surface area contributed by atoms with Crippen molar-refractivity contribution in [1.29, 1.82) is 0 Å². The van der Waals surface area contributed by atoms with E-state index >= 15 is 0 Å². The molecule has 0 fully saturated rings. The summed E-state index contributed by atoms with van der Waals surface area (Å²) in [6.45, 7) is 1.80. The standard InChI is InChI=1S/C14H17N3O3S2/c1-3-10-22(19,20)16-12-6-4-11(5-7-12)13(18)17(2)14-15-8-9-21-14/h4-9,16H,3,10H2,1-2H3. The Morgan fingerprint density at radius 2 is 2.00 bits per heavy atom. The van der Waals surface area contributed by atoms with Gasteiger partial charge in [-0.25, -0.2) is 13.4 Å². The molecule has 0 atom stereocenters. The van der Waals surface area contributed by atoms with Gasteiger partial charge in [-0.3, -0.25) is 14.4 Å². The van der Waals surface area contributed by atoms with E-state index in [1.54, 1.807) is 49.8 Å². The van der Waals surface area contributed by atoms with E-state index in [2.05, 4.69) is 9.71 Å². The zero-order chi connectivity index (χ0) is 16.2. The Balaban J connectivity index is 2.10. The molecular formula is C14H17N3O3S2. The molecule has 2 rings (SSSR count). The van der Waals surface area contributed by atoms with E-state index in [1.807, 2.05) is 0 Å². The smallest absolute Gasteiger partial charge is 0.259 e. The molecule has 0 spiro atoms. The Morgan fingerprint density at radius 1 is 1.32 bits per heavy atom. The van der Waals surface area contributed by atoms with Crippen LogP contribution < -0.4 is 9.62 Å². The molecule has 0 saturated heterocycles. The molecule has 1 N–H and O–H groups in total. The van der Waals surface area contributed by atoms with Gasteiger partial charge < -0.3 is 0 Å². The predicted octanol–water partition coefficient (Wildman–Crippen LogP) is 2.57. The van der Waals surface area contributed by atoms with Crippen LogP contribution in [0.2, 0.25) is 0 Å². The normalized spacial score (nSPS) is 11.2. The number of anilines is 2. The lowest BCUT2D eigenvalue weighted by atomic mass is 10.2. The summed E-state index contributed by atoms with van der Waals surface area (Å²) < 4.78 is 25.9. The third-order valence-corrected chi connectivity index (χ3v) is 5.23. The lowest BCUT2D eigenvalue weighted by Gasteiger charge is -2.14. The minimum atomic E-state index is -3.32. The van der Waals surface area contributed by atoms with Crippen LogP contribution in [0.15, 0.2) is 35.8 Å². The molecule has 0 bridgehead atoms. The van der Waals surface area contributed by atoms with Gasteiger partial charge in [0.1, 0.15) is 0 Å². The van der Waals surface area contributed by atoms with Crippen molar-refractivity contribution < 1.29 is 13.2 Å². The first-order valence-corrected chi connectivity index (χ1v) is 9.24. The van der Waals surface area contributed by atoms with Crippen molar-refractivity contribution in [3.63, 3.8) is 0 Å². The number of nitrogens with zero attached hydrogens (tertiary/aromatic N) is 2. The third kappa shape index (κ3) is 4.05. The molecule has 0 aliphatic rings. The molecule has 1 heterocycles. The minimum Gasteiger partial charge on any atom is -0.287 e. The number of amides is 1. The van der Waals surface area contributed by atoms with Crippen molar-refractivity contribution in [2.24, 2.45) is 0 Å². The SMILES string of the molecule is CCCS(=O)(=O)Nc1ccc(C(=O)N(C)c2nccs2)cc1. The van der Waals surface area contributed by atoms with E-state index in [9.17, 15) is 13.2 Å². The average Bonchev–Trinajstić information content (AvgIpc) is 3.00. The Kier molecular flexibility index (Phi) is 5.15. The summed E-state index contributed by atoms with van der Waals surface area (Å²) in [5.41, 5.74) is 0.915. The molecule has 0 aliphatic heterocycles. The first-order valence-electron chi connectivity index (χ1n) is 6.71. The summed E-state index contributed by atoms with van der Waals surface area (Å²) in [6.07, 6.45) is 2.18. The molecule has 0 unspecified atom stereocenters. The first-order chi connectivity index (χ1) is 10.4. The number of nitrogens with one attached hydrogen (secondary N) is 1. The van der Waals surface area contributed by atoms with Crippen LogP contribution in [0.4, 0.5) is 10.8 Å². The molecule has 1 aromatic heterocycles. The molecule has 6 nitrogen and oxygen atoms in total. The van der Waals surface area contributed by atoms with E-state index < -0.39 is 10.0 Å². The Bertz CT molecular complexity index is 725. The molecule has 0 aliphatic carbocycles. The summed E-state index contributed by atoms with van der Waals surface area (Å²) in [5, 5.41) is 2.41. The number of sulfonamides is 1. The van der Waals surface area contributed by atoms with E-state index in [0.29, 0.717) is 22.8 Å². The van der Waals surface area contributed by atoms with Gasteiger partial charge in [0.15, 0.2) is 5.13 Å². The van der Waals surface area contributed by atoms with Gasteiger partial charge in [0.25, 0.3) is 5.91 Å². The van der Waals surface area contributed by atoms with Gasteiger partial charge in [0.05, 0.1) is 5.75 Å². The van der Waals surface area contributed by atoms with Gasteiger partial charge in [0.2, 0.25) is 10.0 Å².